The summed E-state index contributed by atoms with van der Waals surface area (Å²) >= 11 is 0. The van der Waals surface area contributed by atoms with Gasteiger partial charge in [-0.3, -0.25) is 4.79 Å². The van der Waals surface area contributed by atoms with Crippen molar-refractivity contribution in [3.63, 3.8) is 0 Å². The Morgan fingerprint density at radius 1 is 1.44 bits per heavy atom. The van der Waals surface area contributed by atoms with Gasteiger partial charge in [0.05, 0.1) is 19.3 Å². The molecule has 2 aliphatic rings. The van der Waals surface area contributed by atoms with Crippen molar-refractivity contribution in [3.05, 3.63) is 0 Å². The molecule has 1 aliphatic heterocycles. The molecule has 1 heterocycles. The second kappa shape index (κ2) is 5.17. The van der Waals surface area contributed by atoms with E-state index in [0.29, 0.717) is 30.5 Å². The molecule has 0 unspecified atom stereocenters. The van der Waals surface area contributed by atoms with Gasteiger partial charge in [0.1, 0.15) is 0 Å². The van der Waals surface area contributed by atoms with Gasteiger partial charge in [0.2, 0.25) is 0 Å². The number of methoxy groups -OCH3 is 1. The first-order valence-electron chi connectivity index (χ1n) is 6.46. The van der Waals surface area contributed by atoms with Gasteiger partial charge in [0.15, 0.2) is 0 Å². The lowest BCUT2D eigenvalue weighted by molar-refractivity contribution is -0.143. The van der Waals surface area contributed by atoms with Crippen LogP contribution in [0, 0.1) is 11.8 Å². The van der Waals surface area contributed by atoms with Gasteiger partial charge in [-0.25, -0.2) is 0 Å². The van der Waals surface area contributed by atoms with Gasteiger partial charge in [0.25, 0.3) is 0 Å². The molecule has 1 aliphatic carbocycles. The molecule has 92 valence electrons. The van der Waals surface area contributed by atoms with Crippen molar-refractivity contribution in [3.8, 4) is 0 Å². The minimum absolute atomic E-state index is 0.0632. The lowest BCUT2D eigenvalue weighted by Crippen LogP contribution is -2.29. The number of fused-ring (bicyclic) bond motifs is 2. The Balaban J connectivity index is 1.86. The van der Waals surface area contributed by atoms with E-state index in [-0.39, 0.29) is 5.97 Å². The molecular formula is C13H22O3. The van der Waals surface area contributed by atoms with Crippen molar-refractivity contribution in [1.29, 1.82) is 0 Å². The SMILES string of the molecule is CCCC[C@@H]1O[C@H]2C[C@H](CC(=O)OC)[C@@H]1C2. The number of ether oxygens (including phenoxy) is 2. The van der Waals surface area contributed by atoms with Gasteiger partial charge < -0.3 is 9.47 Å². The van der Waals surface area contributed by atoms with Gasteiger partial charge in [-0.05, 0) is 31.1 Å². The topological polar surface area (TPSA) is 35.5 Å². The molecule has 0 amide bonds. The fourth-order valence-corrected chi connectivity index (χ4v) is 3.24. The van der Waals surface area contributed by atoms with Crippen LogP contribution in [-0.2, 0) is 14.3 Å². The van der Waals surface area contributed by atoms with Crippen LogP contribution >= 0.6 is 0 Å². The van der Waals surface area contributed by atoms with E-state index in [1.807, 2.05) is 0 Å². The van der Waals surface area contributed by atoms with Gasteiger partial charge >= 0.3 is 5.97 Å². The maximum Gasteiger partial charge on any atom is 0.305 e. The van der Waals surface area contributed by atoms with Crippen molar-refractivity contribution in [2.45, 2.75) is 57.7 Å². The molecule has 0 radical (unpaired) electrons. The summed E-state index contributed by atoms with van der Waals surface area (Å²) in [5, 5.41) is 0. The molecule has 3 nitrogen and oxygen atoms in total. The minimum atomic E-state index is -0.0632. The third kappa shape index (κ3) is 2.40. The predicted molar refractivity (Wildman–Crippen MR) is 61.0 cm³/mol. The Morgan fingerprint density at radius 3 is 2.88 bits per heavy atom. The quantitative estimate of drug-likeness (QED) is 0.676. The Kier molecular flexibility index (Phi) is 3.85. The fraction of sp³-hybridized carbons (Fsp3) is 0.923. The number of hydrogen-bond acceptors (Lipinski definition) is 3. The van der Waals surface area contributed by atoms with E-state index >= 15 is 0 Å². The summed E-state index contributed by atoms with van der Waals surface area (Å²) in [6.07, 6.45) is 7.25. The van der Waals surface area contributed by atoms with Gasteiger partial charge in [-0.15, -0.1) is 0 Å². The average molecular weight is 226 g/mol. The molecule has 16 heavy (non-hydrogen) atoms. The van der Waals surface area contributed by atoms with Crippen LogP contribution in [0.2, 0.25) is 0 Å². The zero-order valence-electron chi connectivity index (χ0n) is 10.3. The number of hydrogen-bond donors (Lipinski definition) is 0. The van der Waals surface area contributed by atoms with Crippen molar-refractivity contribution in [1.82, 2.24) is 0 Å². The Labute approximate surface area is 97.5 Å². The normalized spacial score (nSPS) is 36.6. The number of carbonyl (C=O) groups is 1. The van der Waals surface area contributed by atoms with Crippen molar-refractivity contribution < 1.29 is 14.3 Å². The molecule has 0 spiro atoms. The van der Waals surface area contributed by atoms with E-state index in [1.54, 1.807) is 0 Å². The van der Waals surface area contributed by atoms with Crippen LogP contribution in [0.1, 0.15) is 45.4 Å². The number of carbonyl (C=O) groups excluding carboxylic acids is 1. The first-order chi connectivity index (χ1) is 7.74. The molecule has 3 heteroatoms. The first kappa shape index (κ1) is 11.9. The van der Waals surface area contributed by atoms with Gasteiger partial charge in [0, 0.05) is 6.42 Å². The van der Waals surface area contributed by atoms with E-state index in [2.05, 4.69) is 6.92 Å². The second-order valence-electron chi connectivity index (χ2n) is 5.11. The molecule has 2 rings (SSSR count). The van der Waals surface area contributed by atoms with E-state index in [0.717, 1.165) is 19.3 Å². The van der Waals surface area contributed by atoms with E-state index < -0.39 is 0 Å². The number of rotatable bonds is 5. The molecule has 1 saturated heterocycles. The molecule has 0 aromatic rings. The highest BCUT2D eigenvalue weighted by Gasteiger charge is 2.47. The van der Waals surface area contributed by atoms with E-state index in [9.17, 15) is 4.79 Å². The Bertz CT molecular complexity index is 252. The monoisotopic (exact) mass is 226 g/mol. The zero-order chi connectivity index (χ0) is 11.5. The van der Waals surface area contributed by atoms with Crippen molar-refractivity contribution in [2.75, 3.05) is 7.11 Å². The summed E-state index contributed by atoms with van der Waals surface area (Å²) in [6, 6.07) is 0. The van der Waals surface area contributed by atoms with Crippen molar-refractivity contribution >= 4 is 5.97 Å². The maximum atomic E-state index is 11.3. The fourth-order valence-electron chi connectivity index (χ4n) is 3.24. The lowest BCUT2D eigenvalue weighted by atomic mass is 9.86. The highest BCUT2D eigenvalue weighted by atomic mass is 16.5. The standard InChI is InChI=1S/C13H22O3/c1-3-4-5-12-11-8-10(16-12)6-9(11)7-13(14)15-2/h9-12H,3-8H2,1-2H3/t9-,10+,11+,12+/m1/s1. The summed E-state index contributed by atoms with van der Waals surface area (Å²) in [5.74, 6) is 1.05. The van der Waals surface area contributed by atoms with Crippen LogP contribution in [0.15, 0.2) is 0 Å². The molecule has 0 aromatic heterocycles. The number of esters is 1. The summed E-state index contributed by atoms with van der Waals surface area (Å²) in [7, 11) is 1.47. The molecule has 2 bridgehead atoms. The molecular weight excluding hydrogens is 204 g/mol. The van der Waals surface area contributed by atoms with E-state index in [4.69, 9.17) is 9.47 Å². The van der Waals surface area contributed by atoms with Crippen LogP contribution in [0.4, 0.5) is 0 Å². The molecule has 0 aromatic carbocycles. The predicted octanol–water partition coefficient (Wildman–Crippen LogP) is 2.53. The maximum absolute atomic E-state index is 11.3. The molecule has 4 atom stereocenters. The zero-order valence-corrected chi connectivity index (χ0v) is 10.3. The molecule has 1 saturated carbocycles. The molecule has 2 fully saturated rings. The average Bonchev–Trinajstić information content (AvgIpc) is 2.85. The minimum Gasteiger partial charge on any atom is -0.469 e. The highest BCUT2D eigenvalue weighted by Crippen LogP contribution is 2.47. The summed E-state index contributed by atoms with van der Waals surface area (Å²) in [4.78, 5) is 11.3. The Hall–Kier alpha value is -0.570. The van der Waals surface area contributed by atoms with E-state index in [1.165, 1.54) is 20.0 Å². The van der Waals surface area contributed by atoms with Gasteiger partial charge in [-0.1, -0.05) is 19.8 Å². The third-order valence-corrected chi connectivity index (χ3v) is 4.05. The number of unbranched alkanes of at least 4 members (excludes halogenated alkanes) is 1. The van der Waals surface area contributed by atoms with Crippen LogP contribution < -0.4 is 0 Å². The largest absolute Gasteiger partial charge is 0.469 e. The Morgan fingerprint density at radius 2 is 2.25 bits per heavy atom. The van der Waals surface area contributed by atoms with Crippen LogP contribution in [0.5, 0.6) is 0 Å². The van der Waals surface area contributed by atoms with Crippen LogP contribution in [0.3, 0.4) is 0 Å². The van der Waals surface area contributed by atoms with Crippen molar-refractivity contribution in [2.24, 2.45) is 11.8 Å². The smallest absolute Gasteiger partial charge is 0.305 e. The summed E-state index contributed by atoms with van der Waals surface area (Å²) in [5.41, 5.74) is 0. The lowest BCUT2D eigenvalue weighted by Gasteiger charge is -2.28. The van der Waals surface area contributed by atoms with Crippen LogP contribution in [0.25, 0.3) is 0 Å². The highest BCUT2D eigenvalue weighted by molar-refractivity contribution is 5.69. The summed E-state index contributed by atoms with van der Waals surface area (Å²) < 4.78 is 10.7. The first-order valence-corrected chi connectivity index (χ1v) is 6.46. The third-order valence-electron chi connectivity index (χ3n) is 4.05. The summed E-state index contributed by atoms with van der Waals surface area (Å²) in [6.45, 7) is 2.21. The molecule has 0 N–H and O–H groups in total. The van der Waals surface area contributed by atoms with Gasteiger partial charge in [-0.2, -0.15) is 0 Å². The van der Waals surface area contributed by atoms with Crippen LogP contribution in [-0.4, -0.2) is 25.3 Å². The second-order valence-corrected chi connectivity index (χ2v) is 5.11.